The summed E-state index contributed by atoms with van der Waals surface area (Å²) in [6.07, 6.45) is 3.05. The van der Waals surface area contributed by atoms with Crippen LogP contribution in [0, 0.1) is 0 Å². The SMILES string of the molecule is CCCCN(C(=O)c1nnc(NC)s1)C(C)CC. The maximum atomic E-state index is 12.4. The van der Waals surface area contributed by atoms with Crippen molar-refractivity contribution in [1.82, 2.24) is 15.1 Å². The van der Waals surface area contributed by atoms with E-state index in [1.807, 2.05) is 4.90 Å². The van der Waals surface area contributed by atoms with Gasteiger partial charge in [-0.15, -0.1) is 10.2 Å². The number of rotatable bonds is 7. The van der Waals surface area contributed by atoms with Crippen molar-refractivity contribution in [1.29, 1.82) is 0 Å². The number of unbranched alkanes of at least 4 members (excludes halogenated alkanes) is 1. The molecule has 1 N–H and O–H groups in total. The third-order valence-electron chi connectivity index (χ3n) is 2.96. The van der Waals surface area contributed by atoms with Crippen LogP contribution in [0.3, 0.4) is 0 Å². The Balaban J connectivity index is 2.80. The van der Waals surface area contributed by atoms with Gasteiger partial charge in [-0.2, -0.15) is 0 Å². The monoisotopic (exact) mass is 270 g/mol. The lowest BCUT2D eigenvalue weighted by molar-refractivity contribution is 0.0684. The van der Waals surface area contributed by atoms with Gasteiger partial charge in [0.15, 0.2) is 0 Å². The Labute approximate surface area is 113 Å². The molecule has 1 aromatic rings. The first-order valence-electron chi connectivity index (χ1n) is 6.46. The van der Waals surface area contributed by atoms with Gasteiger partial charge in [0.05, 0.1) is 0 Å². The van der Waals surface area contributed by atoms with Crippen molar-refractivity contribution in [2.75, 3.05) is 18.9 Å². The minimum atomic E-state index is -0.00296. The van der Waals surface area contributed by atoms with Gasteiger partial charge in [-0.25, -0.2) is 0 Å². The highest BCUT2D eigenvalue weighted by atomic mass is 32.1. The number of anilines is 1. The van der Waals surface area contributed by atoms with Crippen LogP contribution >= 0.6 is 11.3 Å². The quantitative estimate of drug-likeness (QED) is 0.827. The van der Waals surface area contributed by atoms with E-state index in [1.165, 1.54) is 11.3 Å². The Bertz CT molecular complexity index is 380. The topological polar surface area (TPSA) is 58.1 Å². The largest absolute Gasteiger partial charge is 0.363 e. The lowest BCUT2D eigenvalue weighted by atomic mass is 10.2. The van der Waals surface area contributed by atoms with E-state index in [2.05, 4.69) is 36.3 Å². The van der Waals surface area contributed by atoms with E-state index in [9.17, 15) is 4.79 Å². The van der Waals surface area contributed by atoms with Crippen molar-refractivity contribution in [2.24, 2.45) is 0 Å². The molecule has 1 rings (SSSR count). The molecule has 1 amide bonds. The highest BCUT2D eigenvalue weighted by Gasteiger charge is 2.23. The molecule has 0 saturated carbocycles. The molecular weight excluding hydrogens is 248 g/mol. The summed E-state index contributed by atoms with van der Waals surface area (Å²) in [7, 11) is 1.78. The molecular formula is C12H22N4OS. The van der Waals surface area contributed by atoms with Crippen LogP contribution in [0.4, 0.5) is 5.13 Å². The van der Waals surface area contributed by atoms with Gasteiger partial charge in [-0.1, -0.05) is 31.6 Å². The Kier molecular flexibility index (Phi) is 6.04. The average molecular weight is 270 g/mol. The van der Waals surface area contributed by atoms with Gasteiger partial charge < -0.3 is 10.2 Å². The lowest BCUT2D eigenvalue weighted by Gasteiger charge is -2.27. The van der Waals surface area contributed by atoms with Gasteiger partial charge in [-0.05, 0) is 19.8 Å². The van der Waals surface area contributed by atoms with Crippen LogP contribution < -0.4 is 5.32 Å². The third-order valence-corrected chi connectivity index (χ3v) is 3.89. The number of carbonyl (C=O) groups is 1. The Hall–Kier alpha value is -1.17. The molecule has 0 aromatic carbocycles. The number of aromatic nitrogens is 2. The molecule has 0 aliphatic carbocycles. The summed E-state index contributed by atoms with van der Waals surface area (Å²) in [5.41, 5.74) is 0. The zero-order chi connectivity index (χ0) is 13.5. The molecule has 0 radical (unpaired) electrons. The highest BCUT2D eigenvalue weighted by molar-refractivity contribution is 7.17. The van der Waals surface area contributed by atoms with Gasteiger partial charge in [0, 0.05) is 19.6 Å². The first kappa shape index (κ1) is 14.9. The summed E-state index contributed by atoms with van der Waals surface area (Å²) < 4.78 is 0. The average Bonchev–Trinajstić information content (AvgIpc) is 2.87. The second kappa shape index (κ2) is 7.31. The van der Waals surface area contributed by atoms with Crippen LogP contribution in [0.15, 0.2) is 0 Å². The zero-order valence-corrected chi connectivity index (χ0v) is 12.4. The highest BCUT2D eigenvalue weighted by Crippen LogP contribution is 2.18. The minimum Gasteiger partial charge on any atom is -0.363 e. The fourth-order valence-electron chi connectivity index (χ4n) is 1.60. The van der Waals surface area contributed by atoms with Crippen LogP contribution in [0.25, 0.3) is 0 Å². The second-order valence-electron chi connectivity index (χ2n) is 4.27. The van der Waals surface area contributed by atoms with Gasteiger partial charge in [-0.3, -0.25) is 4.79 Å². The maximum Gasteiger partial charge on any atom is 0.285 e. The molecule has 0 saturated heterocycles. The van der Waals surface area contributed by atoms with Gasteiger partial charge in [0.2, 0.25) is 10.1 Å². The van der Waals surface area contributed by atoms with E-state index in [4.69, 9.17) is 0 Å². The molecule has 1 aromatic heterocycles. The van der Waals surface area contributed by atoms with E-state index in [1.54, 1.807) is 7.05 Å². The second-order valence-corrected chi connectivity index (χ2v) is 5.25. The molecule has 1 atom stereocenters. The van der Waals surface area contributed by atoms with E-state index in [0.29, 0.717) is 10.1 Å². The Morgan fingerprint density at radius 3 is 2.67 bits per heavy atom. The first-order valence-corrected chi connectivity index (χ1v) is 7.27. The summed E-state index contributed by atoms with van der Waals surface area (Å²) in [6, 6.07) is 0.242. The van der Waals surface area contributed by atoms with Gasteiger partial charge >= 0.3 is 0 Å². The van der Waals surface area contributed by atoms with Crippen LogP contribution in [0.2, 0.25) is 0 Å². The molecule has 1 heterocycles. The minimum absolute atomic E-state index is 0.00296. The predicted molar refractivity (Wildman–Crippen MR) is 75.2 cm³/mol. The van der Waals surface area contributed by atoms with E-state index in [-0.39, 0.29) is 11.9 Å². The lowest BCUT2D eigenvalue weighted by Crippen LogP contribution is -2.39. The third kappa shape index (κ3) is 3.66. The molecule has 5 nitrogen and oxygen atoms in total. The van der Waals surface area contributed by atoms with Crippen molar-refractivity contribution >= 4 is 22.4 Å². The first-order chi connectivity index (χ1) is 8.63. The summed E-state index contributed by atoms with van der Waals surface area (Å²) >= 11 is 1.31. The molecule has 102 valence electrons. The molecule has 0 bridgehead atoms. The molecule has 6 heteroatoms. The van der Waals surface area contributed by atoms with Gasteiger partial charge in [0.1, 0.15) is 0 Å². The van der Waals surface area contributed by atoms with Crippen LogP contribution in [-0.2, 0) is 0 Å². The van der Waals surface area contributed by atoms with Crippen molar-refractivity contribution < 1.29 is 4.79 Å². The summed E-state index contributed by atoms with van der Waals surface area (Å²) in [4.78, 5) is 14.3. The van der Waals surface area contributed by atoms with E-state index in [0.717, 1.165) is 25.8 Å². The van der Waals surface area contributed by atoms with Gasteiger partial charge in [0.25, 0.3) is 5.91 Å². The number of amides is 1. The predicted octanol–water partition coefficient (Wildman–Crippen LogP) is 2.62. The molecule has 0 aliphatic rings. The number of nitrogens with one attached hydrogen (secondary N) is 1. The van der Waals surface area contributed by atoms with Crippen molar-refractivity contribution in [3.05, 3.63) is 5.01 Å². The summed E-state index contributed by atoms with van der Waals surface area (Å²) in [6.45, 7) is 7.09. The summed E-state index contributed by atoms with van der Waals surface area (Å²) in [5, 5.41) is 11.9. The number of carbonyl (C=O) groups excluding carboxylic acids is 1. The fraction of sp³-hybridized carbons (Fsp3) is 0.750. The van der Waals surface area contributed by atoms with E-state index >= 15 is 0 Å². The van der Waals surface area contributed by atoms with Crippen LogP contribution in [0.5, 0.6) is 0 Å². The normalized spacial score (nSPS) is 12.2. The standard InChI is InChI=1S/C12H22N4OS/c1-5-7-8-16(9(3)6-2)11(17)10-14-15-12(13-4)18-10/h9H,5-8H2,1-4H3,(H,13,15). The maximum absolute atomic E-state index is 12.4. The Morgan fingerprint density at radius 2 is 2.17 bits per heavy atom. The van der Waals surface area contributed by atoms with Crippen LogP contribution in [0.1, 0.15) is 49.8 Å². The number of hydrogen-bond acceptors (Lipinski definition) is 5. The smallest absolute Gasteiger partial charge is 0.285 e. The zero-order valence-electron chi connectivity index (χ0n) is 11.6. The van der Waals surface area contributed by atoms with Crippen molar-refractivity contribution in [3.8, 4) is 0 Å². The molecule has 0 fully saturated rings. The van der Waals surface area contributed by atoms with E-state index < -0.39 is 0 Å². The molecule has 18 heavy (non-hydrogen) atoms. The van der Waals surface area contributed by atoms with Crippen molar-refractivity contribution in [2.45, 2.75) is 46.1 Å². The van der Waals surface area contributed by atoms with Crippen LogP contribution in [-0.4, -0.2) is 40.6 Å². The number of hydrogen-bond donors (Lipinski definition) is 1. The molecule has 0 spiro atoms. The molecule has 0 aliphatic heterocycles. The molecule has 1 unspecified atom stereocenters. The summed E-state index contributed by atoms with van der Waals surface area (Å²) in [5.74, 6) is -0.00296. The Morgan fingerprint density at radius 1 is 1.44 bits per heavy atom. The number of nitrogens with zero attached hydrogens (tertiary/aromatic N) is 3. The fourth-order valence-corrected chi connectivity index (χ4v) is 2.26. The van der Waals surface area contributed by atoms with Crippen molar-refractivity contribution in [3.63, 3.8) is 0 Å².